The summed E-state index contributed by atoms with van der Waals surface area (Å²) in [5.41, 5.74) is 1.32. The Balaban J connectivity index is 2.42. The Hall–Kier alpha value is -1.19. The Bertz CT molecular complexity index is 586. The molecule has 0 spiro atoms. The third kappa shape index (κ3) is 2.93. The van der Waals surface area contributed by atoms with E-state index in [1.54, 1.807) is 12.1 Å². The average molecular weight is 272 g/mol. The summed E-state index contributed by atoms with van der Waals surface area (Å²) in [4.78, 5) is 14.8. The van der Waals surface area contributed by atoms with Gasteiger partial charge in [-0.15, -0.1) is 0 Å². The van der Waals surface area contributed by atoms with Gasteiger partial charge in [0.2, 0.25) is 5.24 Å². The molecule has 1 heterocycles. The van der Waals surface area contributed by atoms with Crippen molar-refractivity contribution >= 4 is 39.3 Å². The van der Waals surface area contributed by atoms with Crippen LogP contribution in [0.2, 0.25) is 5.15 Å². The van der Waals surface area contributed by atoms with E-state index < -0.39 is 5.24 Å². The molecule has 2 rings (SSSR count). The van der Waals surface area contributed by atoms with Gasteiger partial charge in [-0.2, -0.15) is 0 Å². The molecule has 0 N–H and O–H groups in total. The fraction of sp³-hybridized carbons (Fsp3) is 0.167. The molecule has 0 aliphatic heterocycles. The normalized spacial score (nSPS) is 10.8. The number of halogens is 3. The van der Waals surface area contributed by atoms with E-state index >= 15 is 0 Å². The summed E-state index contributed by atoms with van der Waals surface area (Å²) in [6, 6.07) is 6.00. The minimum Gasteiger partial charge on any atom is -0.281 e. The van der Waals surface area contributed by atoms with E-state index in [1.807, 2.05) is 0 Å². The van der Waals surface area contributed by atoms with Crippen LogP contribution in [0.15, 0.2) is 24.3 Å². The number of carbonyl (C=O) groups is 1. The minimum atomic E-state index is -0.430. The smallest absolute Gasteiger partial charge is 0.221 e. The summed E-state index contributed by atoms with van der Waals surface area (Å²) in [6.45, 7) is 0. The molecule has 1 aromatic carbocycles. The van der Waals surface area contributed by atoms with Crippen LogP contribution in [0, 0.1) is 5.82 Å². The summed E-state index contributed by atoms with van der Waals surface area (Å²) in [7, 11) is 0. The van der Waals surface area contributed by atoms with Crippen molar-refractivity contribution in [2.45, 2.75) is 12.8 Å². The SMILES string of the molecule is O=C(Cl)CCc1cc2cc(F)ccc2nc1Cl. The van der Waals surface area contributed by atoms with E-state index in [4.69, 9.17) is 23.2 Å². The highest BCUT2D eigenvalue weighted by Crippen LogP contribution is 2.22. The Labute approximate surface area is 107 Å². The maximum atomic E-state index is 13.0. The Morgan fingerprint density at radius 3 is 2.82 bits per heavy atom. The molecular weight excluding hydrogens is 264 g/mol. The first-order valence-corrected chi connectivity index (χ1v) is 5.75. The lowest BCUT2D eigenvalue weighted by Crippen LogP contribution is -1.95. The van der Waals surface area contributed by atoms with Crippen molar-refractivity contribution in [3.05, 3.63) is 40.8 Å². The van der Waals surface area contributed by atoms with E-state index in [2.05, 4.69) is 4.98 Å². The summed E-state index contributed by atoms with van der Waals surface area (Å²) in [5, 5.41) is 0.550. The number of hydrogen-bond acceptors (Lipinski definition) is 2. The van der Waals surface area contributed by atoms with Crippen molar-refractivity contribution in [1.29, 1.82) is 0 Å². The number of aromatic nitrogens is 1. The molecular formula is C12H8Cl2FNO. The number of benzene rings is 1. The zero-order valence-electron chi connectivity index (χ0n) is 8.71. The Morgan fingerprint density at radius 1 is 1.35 bits per heavy atom. The van der Waals surface area contributed by atoms with Gasteiger partial charge in [0.25, 0.3) is 0 Å². The second-order valence-electron chi connectivity index (χ2n) is 3.63. The molecule has 0 fully saturated rings. The van der Waals surface area contributed by atoms with Crippen LogP contribution in [0.3, 0.4) is 0 Å². The molecule has 0 bridgehead atoms. The maximum absolute atomic E-state index is 13.0. The predicted octanol–water partition coefficient (Wildman–Crippen LogP) is 3.73. The fourth-order valence-electron chi connectivity index (χ4n) is 1.58. The van der Waals surface area contributed by atoms with E-state index in [0.29, 0.717) is 28.0 Å². The number of rotatable bonds is 3. The topological polar surface area (TPSA) is 30.0 Å². The van der Waals surface area contributed by atoms with Gasteiger partial charge in [0.15, 0.2) is 0 Å². The first-order valence-electron chi connectivity index (χ1n) is 4.99. The molecule has 17 heavy (non-hydrogen) atoms. The van der Waals surface area contributed by atoms with Crippen molar-refractivity contribution in [3.8, 4) is 0 Å². The van der Waals surface area contributed by atoms with Crippen LogP contribution < -0.4 is 0 Å². The average Bonchev–Trinajstić information content (AvgIpc) is 2.26. The Morgan fingerprint density at radius 2 is 2.12 bits per heavy atom. The third-order valence-electron chi connectivity index (χ3n) is 2.39. The lowest BCUT2D eigenvalue weighted by atomic mass is 10.1. The monoisotopic (exact) mass is 271 g/mol. The molecule has 1 aromatic heterocycles. The molecule has 0 unspecified atom stereocenters. The zero-order chi connectivity index (χ0) is 12.4. The van der Waals surface area contributed by atoms with Crippen LogP contribution in [0.5, 0.6) is 0 Å². The van der Waals surface area contributed by atoms with Gasteiger partial charge in [-0.1, -0.05) is 11.6 Å². The standard InChI is InChI=1S/C12H8Cl2FNO/c13-11(17)4-1-7-5-8-6-9(15)2-3-10(8)16-12(7)14/h2-3,5-6H,1,4H2. The summed E-state index contributed by atoms with van der Waals surface area (Å²) >= 11 is 11.2. The second kappa shape index (κ2) is 4.98. The van der Waals surface area contributed by atoms with Crippen LogP contribution in [0.4, 0.5) is 4.39 Å². The number of pyridine rings is 1. The fourth-order valence-corrected chi connectivity index (χ4v) is 1.91. The van der Waals surface area contributed by atoms with Gasteiger partial charge < -0.3 is 0 Å². The van der Waals surface area contributed by atoms with Crippen molar-refractivity contribution in [2.24, 2.45) is 0 Å². The third-order valence-corrected chi connectivity index (χ3v) is 2.91. The number of fused-ring (bicyclic) bond motifs is 1. The number of nitrogens with zero attached hydrogens (tertiary/aromatic N) is 1. The molecule has 0 saturated carbocycles. The highest BCUT2D eigenvalue weighted by atomic mass is 35.5. The molecule has 0 amide bonds. The van der Waals surface area contributed by atoms with Gasteiger partial charge in [-0.25, -0.2) is 9.37 Å². The largest absolute Gasteiger partial charge is 0.281 e. The lowest BCUT2D eigenvalue weighted by Gasteiger charge is -2.04. The van der Waals surface area contributed by atoms with Crippen molar-refractivity contribution in [2.75, 3.05) is 0 Å². The summed E-state index contributed by atoms with van der Waals surface area (Å²) < 4.78 is 13.0. The zero-order valence-corrected chi connectivity index (χ0v) is 10.2. The first-order chi connectivity index (χ1) is 8.06. The van der Waals surface area contributed by atoms with Gasteiger partial charge >= 0.3 is 0 Å². The van der Waals surface area contributed by atoms with Gasteiger partial charge in [0.1, 0.15) is 11.0 Å². The van der Waals surface area contributed by atoms with Crippen LogP contribution in [0.1, 0.15) is 12.0 Å². The highest BCUT2D eigenvalue weighted by Gasteiger charge is 2.07. The second-order valence-corrected chi connectivity index (χ2v) is 4.41. The van der Waals surface area contributed by atoms with E-state index in [9.17, 15) is 9.18 Å². The molecule has 0 aliphatic carbocycles. The van der Waals surface area contributed by atoms with Crippen molar-refractivity contribution < 1.29 is 9.18 Å². The maximum Gasteiger partial charge on any atom is 0.221 e. The molecule has 88 valence electrons. The van der Waals surface area contributed by atoms with Gasteiger partial charge in [0.05, 0.1) is 5.52 Å². The van der Waals surface area contributed by atoms with Gasteiger partial charge in [-0.05, 0) is 47.9 Å². The van der Waals surface area contributed by atoms with Crippen LogP contribution >= 0.6 is 23.2 Å². The Kier molecular flexibility index (Phi) is 3.60. The summed E-state index contributed by atoms with van der Waals surface area (Å²) in [5.74, 6) is -0.332. The van der Waals surface area contributed by atoms with Gasteiger partial charge in [0, 0.05) is 11.8 Å². The van der Waals surface area contributed by atoms with Crippen molar-refractivity contribution in [3.63, 3.8) is 0 Å². The van der Waals surface area contributed by atoms with E-state index in [1.165, 1.54) is 12.1 Å². The van der Waals surface area contributed by atoms with E-state index in [0.717, 1.165) is 0 Å². The number of carbonyl (C=O) groups excluding carboxylic acids is 1. The molecule has 0 saturated heterocycles. The van der Waals surface area contributed by atoms with Crippen LogP contribution in [0.25, 0.3) is 10.9 Å². The van der Waals surface area contributed by atoms with E-state index in [-0.39, 0.29) is 12.2 Å². The van der Waals surface area contributed by atoms with Crippen molar-refractivity contribution in [1.82, 2.24) is 4.98 Å². The molecule has 2 aromatic rings. The van der Waals surface area contributed by atoms with Crippen LogP contribution in [-0.4, -0.2) is 10.2 Å². The number of aryl methyl sites for hydroxylation is 1. The molecule has 0 radical (unpaired) electrons. The molecule has 5 heteroatoms. The van der Waals surface area contributed by atoms with Crippen LogP contribution in [-0.2, 0) is 11.2 Å². The highest BCUT2D eigenvalue weighted by molar-refractivity contribution is 6.63. The first kappa shape index (κ1) is 12.3. The van der Waals surface area contributed by atoms with Gasteiger partial charge in [-0.3, -0.25) is 4.79 Å². The minimum absolute atomic E-state index is 0.184. The molecule has 0 atom stereocenters. The quantitative estimate of drug-likeness (QED) is 0.629. The molecule has 0 aliphatic rings. The summed E-state index contributed by atoms with van der Waals surface area (Å²) in [6.07, 6.45) is 0.588. The molecule has 2 nitrogen and oxygen atoms in total. The number of hydrogen-bond donors (Lipinski definition) is 0. The predicted molar refractivity (Wildman–Crippen MR) is 65.9 cm³/mol. The lowest BCUT2D eigenvalue weighted by molar-refractivity contribution is -0.111.